The molecule has 0 saturated carbocycles. The number of hydrogen-bond donors (Lipinski definition) is 1. The van der Waals surface area contributed by atoms with Gasteiger partial charge in [-0.15, -0.1) is 0 Å². The summed E-state index contributed by atoms with van der Waals surface area (Å²) in [5.41, 5.74) is 0.0897. The van der Waals surface area contributed by atoms with Crippen molar-refractivity contribution in [1.29, 1.82) is 0 Å². The maximum atomic E-state index is 5.82. The van der Waals surface area contributed by atoms with Crippen molar-refractivity contribution in [2.45, 2.75) is 45.3 Å². The maximum Gasteiger partial charge on any atom is 0.0782 e. The molecule has 1 aliphatic heterocycles. The standard InChI is InChI=1S/C9H19NO/c1-8(2)11-9(3)5-4-6-10-7-9/h8,10H,4-7H2,1-3H3. The fourth-order valence-corrected chi connectivity index (χ4v) is 1.70. The van der Waals surface area contributed by atoms with E-state index in [9.17, 15) is 0 Å². The molecule has 1 N–H and O–H groups in total. The van der Waals surface area contributed by atoms with Gasteiger partial charge in [0.05, 0.1) is 11.7 Å². The van der Waals surface area contributed by atoms with Crippen molar-refractivity contribution in [3.8, 4) is 0 Å². The summed E-state index contributed by atoms with van der Waals surface area (Å²) in [7, 11) is 0. The van der Waals surface area contributed by atoms with Gasteiger partial charge in [-0.2, -0.15) is 0 Å². The lowest BCUT2D eigenvalue weighted by molar-refractivity contribution is -0.0796. The molecule has 1 rings (SSSR count). The first-order valence-electron chi connectivity index (χ1n) is 4.51. The van der Waals surface area contributed by atoms with Crippen LogP contribution in [0.1, 0.15) is 33.6 Å². The molecule has 2 nitrogen and oxygen atoms in total. The zero-order valence-corrected chi connectivity index (χ0v) is 7.81. The first-order valence-corrected chi connectivity index (χ1v) is 4.51. The largest absolute Gasteiger partial charge is 0.371 e. The number of rotatable bonds is 2. The Morgan fingerprint density at radius 2 is 2.18 bits per heavy atom. The average molecular weight is 157 g/mol. The van der Waals surface area contributed by atoms with Crippen LogP contribution in [0.4, 0.5) is 0 Å². The van der Waals surface area contributed by atoms with E-state index in [-0.39, 0.29) is 5.60 Å². The molecule has 0 aromatic heterocycles. The van der Waals surface area contributed by atoms with Crippen LogP contribution in [0.15, 0.2) is 0 Å². The Balaban J connectivity index is 2.37. The maximum absolute atomic E-state index is 5.82. The molecule has 0 aromatic rings. The van der Waals surface area contributed by atoms with Crippen LogP contribution in [0.25, 0.3) is 0 Å². The Morgan fingerprint density at radius 3 is 2.64 bits per heavy atom. The molecule has 1 atom stereocenters. The normalized spacial score (nSPS) is 32.7. The summed E-state index contributed by atoms with van der Waals surface area (Å²) in [5, 5.41) is 3.36. The average Bonchev–Trinajstić information content (AvgIpc) is 1.85. The van der Waals surface area contributed by atoms with Crippen LogP contribution in [-0.2, 0) is 4.74 Å². The second kappa shape index (κ2) is 3.55. The molecule has 2 heteroatoms. The van der Waals surface area contributed by atoms with Gasteiger partial charge in [0.25, 0.3) is 0 Å². The van der Waals surface area contributed by atoms with Gasteiger partial charge in [0.1, 0.15) is 0 Å². The van der Waals surface area contributed by atoms with Gasteiger partial charge in [-0.1, -0.05) is 0 Å². The SMILES string of the molecule is CC(C)OC1(C)CCCNC1. The van der Waals surface area contributed by atoms with Gasteiger partial charge < -0.3 is 10.1 Å². The Hall–Kier alpha value is -0.0800. The third-order valence-electron chi connectivity index (χ3n) is 2.08. The Bertz CT molecular complexity index is 117. The van der Waals surface area contributed by atoms with Gasteiger partial charge in [-0.3, -0.25) is 0 Å². The zero-order valence-electron chi connectivity index (χ0n) is 7.81. The summed E-state index contributed by atoms with van der Waals surface area (Å²) in [6, 6.07) is 0. The molecule has 0 aliphatic carbocycles. The molecular formula is C9H19NO. The number of hydrogen-bond acceptors (Lipinski definition) is 2. The number of ether oxygens (including phenoxy) is 1. The smallest absolute Gasteiger partial charge is 0.0782 e. The second-order valence-electron chi connectivity index (χ2n) is 3.90. The van der Waals surface area contributed by atoms with Crippen molar-refractivity contribution < 1.29 is 4.74 Å². The van der Waals surface area contributed by atoms with Crippen LogP contribution in [0.2, 0.25) is 0 Å². The molecular weight excluding hydrogens is 138 g/mol. The van der Waals surface area contributed by atoms with E-state index in [1.165, 1.54) is 12.8 Å². The molecule has 1 aliphatic rings. The molecule has 1 saturated heterocycles. The molecule has 1 heterocycles. The predicted molar refractivity (Wildman–Crippen MR) is 46.7 cm³/mol. The molecule has 1 fully saturated rings. The van der Waals surface area contributed by atoms with Gasteiger partial charge in [0.2, 0.25) is 0 Å². The topological polar surface area (TPSA) is 21.3 Å². The highest BCUT2D eigenvalue weighted by Gasteiger charge is 2.27. The molecule has 66 valence electrons. The lowest BCUT2D eigenvalue weighted by Gasteiger charge is -2.35. The zero-order chi connectivity index (χ0) is 8.32. The minimum Gasteiger partial charge on any atom is -0.371 e. The minimum atomic E-state index is 0.0897. The van der Waals surface area contributed by atoms with Gasteiger partial charge in [0, 0.05) is 6.54 Å². The molecule has 0 spiro atoms. The minimum absolute atomic E-state index is 0.0897. The number of piperidine rings is 1. The first-order chi connectivity index (χ1) is 5.12. The van der Waals surface area contributed by atoms with E-state index in [1.54, 1.807) is 0 Å². The van der Waals surface area contributed by atoms with Crippen molar-refractivity contribution in [2.24, 2.45) is 0 Å². The lowest BCUT2D eigenvalue weighted by atomic mass is 9.96. The van der Waals surface area contributed by atoms with E-state index in [0.717, 1.165) is 13.1 Å². The third kappa shape index (κ3) is 2.80. The monoisotopic (exact) mass is 157 g/mol. The van der Waals surface area contributed by atoms with Crippen LogP contribution in [0.5, 0.6) is 0 Å². The second-order valence-corrected chi connectivity index (χ2v) is 3.90. The Morgan fingerprint density at radius 1 is 1.45 bits per heavy atom. The van der Waals surface area contributed by atoms with E-state index in [2.05, 4.69) is 26.1 Å². The summed E-state index contributed by atoms with van der Waals surface area (Å²) in [5.74, 6) is 0. The fourth-order valence-electron chi connectivity index (χ4n) is 1.70. The molecule has 0 amide bonds. The highest BCUT2D eigenvalue weighted by molar-refractivity contribution is 4.82. The summed E-state index contributed by atoms with van der Waals surface area (Å²) in [6.07, 6.45) is 2.78. The molecule has 1 unspecified atom stereocenters. The van der Waals surface area contributed by atoms with Crippen molar-refractivity contribution in [1.82, 2.24) is 5.32 Å². The first kappa shape index (κ1) is 9.01. The van der Waals surface area contributed by atoms with Crippen LogP contribution in [0, 0.1) is 0 Å². The molecule has 11 heavy (non-hydrogen) atoms. The van der Waals surface area contributed by atoms with Crippen molar-refractivity contribution in [3.05, 3.63) is 0 Å². The van der Waals surface area contributed by atoms with Crippen molar-refractivity contribution >= 4 is 0 Å². The van der Waals surface area contributed by atoms with Crippen LogP contribution < -0.4 is 5.32 Å². The van der Waals surface area contributed by atoms with Crippen LogP contribution >= 0.6 is 0 Å². The van der Waals surface area contributed by atoms with E-state index in [1.807, 2.05) is 0 Å². The van der Waals surface area contributed by atoms with Crippen LogP contribution in [0.3, 0.4) is 0 Å². The van der Waals surface area contributed by atoms with Crippen LogP contribution in [-0.4, -0.2) is 24.8 Å². The van der Waals surface area contributed by atoms with Crippen molar-refractivity contribution in [2.75, 3.05) is 13.1 Å². The predicted octanol–water partition coefficient (Wildman–Crippen LogP) is 1.55. The molecule has 0 bridgehead atoms. The summed E-state index contributed by atoms with van der Waals surface area (Å²) in [6.45, 7) is 8.54. The summed E-state index contributed by atoms with van der Waals surface area (Å²) >= 11 is 0. The third-order valence-corrected chi connectivity index (χ3v) is 2.08. The highest BCUT2D eigenvalue weighted by Crippen LogP contribution is 2.21. The van der Waals surface area contributed by atoms with Gasteiger partial charge >= 0.3 is 0 Å². The van der Waals surface area contributed by atoms with E-state index >= 15 is 0 Å². The fraction of sp³-hybridized carbons (Fsp3) is 1.00. The Labute approximate surface area is 69.3 Å². The quantitative estimate of drug-likeness (QED) is 0.656. The lowest BCUT2D eigenvalue weighted by Crippen LogP contribution is -2.46. The molecule has 0 aromatic carbocycles. The van der Waals surface area contributed by atoms with Gasteiger partial charge in [-0.05, 0) is 40.2 Å². The Kier molecular flexibility index (Phi) is 2.90. The summed E-state index contributed by atoms with van der Waals surface area (Å²) < 4.78 is 5.82. The summed E-state index contributed by atoms with van der Waals surface area (Å²) in [4.78, 5) is 0. The van der Waals surface area contributed by atoms with Crippen molar-refractivity contribution in [3.63, 3.8) is 0 Å². The van der Waals surface area contributed by atoms with E-state index in [0.29, 0.717) is 6.10 Å². The van der Waals surface area contributed by atoms with Gasteiger partial charge in [-0.25, -0.2) is 0 Å². The van der Waals surface area contributed by atoms with Gasteiger partial charge in [0.15, 0.2) is 0 Å². The highest BCUT2D eigenvalue weighted by atomic mass is 16.5. The van der Waals surface area contributed by atoms with E-state index in [4.69, 9.17) is 4.74 Å². The number of nitrogens with one attached hydrogen (secondary N) is 1. The van der Waals surface area contributed by atoms with E-state index < -0.39 is 0 Å². The molecule has 0 radical (unpaired) electrons.